The van der Waals surface area contributed by atoms with Gasteiger partial charge in [0.05, 0.1) is 19.0 Å². The van der Waals surface area contributed by atoms with Gasteiger partial charge in [-0.3, -0.25) is 0 Å². The predicted octanol–water partition coefficient (Wildman–Crippen LogP) is 3.32. The standard InChI is InChI=1S/C12H12N2OS/c1-3-16-12-13-8-11(14-12)9-4-6-10(15-2)7-5-9/h3-8H,1H2,2H3,(H,13,14). The molecule has 82 valence electrons. The SMILES string of the molecule is C=CSc1ncc(-c2ccc(OC)cc2)[nH]1. The molecule has 0 spiro atoms. The summed E-state index contributed by atoms with van der Waals surface area (Å²) in [6, 6.07) is 7.84. The summed E-state index contributed by atoms with van der Waals surface area (Å²) in [6.45, 7) is 3.65. The van der Waals surface area contributed by atoms with E-state index in [2.05, 4.69) is 16.5 Å². The number of ether oxygens (including phenoxy) is 1. The van der Waals surface area contributed by atoms with Crippen LogP contribution >= 0.6 is 11.8 Å². The Hall–Kier alpha value is -1.68. The van der Waals surface area contributed by atoms with Crippen LogP contribution in [0.1, 0.15) is 0 Å². The van der Waals surface area contributed by atoms with Gasteiger partial charge < -0.3 is 9.72 Å². The van der Waals surface area contributed by atoms with Gasteiger partial charge in [0, 0.05) is 0 Å². The van der Waals surface area contributed by atoms with E-state index in [9.17, 15) is 0 Å². The number of thioether (sulfide) groups is 1. The third-order valence-electron chi connectivity index (χ3n) is 2.15. The van der Waals surface area contributed by atoms with Crippen LogP contribution in [0.3, 0.4) is 0 Å². The Morgan fingerprint density at radius 3 is 2.75 bits per heavy atom. The minimum absolute atomic E-state index is 0.848. The third kappa shape index (κ3) is 2.28. The zero-order chi connectivity index (χ0) is 11.4. The lowest BCUT2D eigenvalue weighted by atomic mass is 10.2. The van der Waals surface area contributed by atoms with Crippen molar-refractivity contribution in [2.45, 2.75) is 5.16 Å². The molecule has 0 aliphatic rings. The number of nitrogens with one attached hydrogen (secondary N) is 1. The third-order valence-corrected chi connectivity index (χ3v) is 2.75. The molecule has 16 heavy (non-hydrogen) atoms. The average molecular weight is 232 g/mol. The van der Waals surface area contributed by atoms with Crippen LogP contribution in [0.2, 0.25) is 0 Å². The first-order chi connectivity index (χ1) is 7.83. The van der Waals surface area contributed by atoms with Crippen molar-refractivity contribution < 1.29 is 4.74 Å². The second kappa shape index (κ2) is 4.90. The zero-order valence-electron chi connectivity index (χ0n) is 8.93. The molecule has 1 N–H and O–H groups in total. The summed E-state index contributed by atoms with van der Waals surface area (Å²) < 4.78 is 5.11. The molecule has 0 saturated carbocycles. The second-order valence-electron chi connectivity index (χ2n) is 3.12. The number of H-pyrrole nitrogens is 1. The van der Waals surface area contributed by atoms with Gasteiger partial charge in [-0.2, -0.15) is 0 Å². The van der Waals surface area contributed by atoms with E-state index in [0.29, 0.717) is 0 Å². The highest BCUT2D eigenvalue weighted by Gasteiger charge is 2.02. The van der Waals surface area contributed by atoms with Gasteiger partial charge in [0.15, 0.2) is 5.16 Å². The molecule has 1 aromatic carbocycles. The van der Waals surface area contributed by atoms with Crippen molar-refractivity contribution in [3.05, 3.63) is 42.4 Å². The van der Waals surface area contributed by atoms with Crippen LogP contribution in [-0.4, -0.2) is 17.1 Å². The predicted molar refractivity (Wildman–Crippen MR) is 66.6 cm³/mol. The Kier molecular flexibility index (Phi) is 3.31. The Morgan fingerprint density at radius 2 is 2.12 bits per heavy atom. The molecule has 0 unspecified atom stereocenters. The molecule has 1 aromatic heterocycles. The van der Waals surface area contributed by atoms with E-state index in [1.807, 2.05) is 30.5 Å². The van der Waals surface area contributed by atoms with Crippen LogP contribution in [0, 0.1) is 0 Å². The Labute approximate surface area is 98.6 Å². The number of methoxy groups -OCH3 is 1. The zero-order valence-corrected chi connectivity index (χ0v) is 9.75. The number of nitrogens with zero attached hydrogens (tertiary/aromatic N) is 1. The summed E-state index contributed by atoms with van der Waals surface area (Å²) in [7, 11) is 1.66. The number of imidazole rings is 1. The lowest BCUT2D eigenvalue weighted by Crippen LogP contribution is -1.82. The van der Waals surface area contributed by atoms with Gasteiger partial charge in [-0.15, -0.1) is 0 Å². The summed E-state index contributed by atoms with van der Waals surface area (Å²) in [5.74, 6) is 0.851. The minimum atomic E-state index is 0.848. The molecule has 0 radical (unpaired) electrons. The largest absolute Gasteiger partial charge is 0.497 e. The average Bonchev–Trinajstić information content (AvgIpc) is 2.78. The monoisotopic (exact) mass is 232 g/mol. The summed E-state index contributed by atoms with van der Waals surface area (Å²) in [6.07, 6.45) is 1.81. The highest BCUT2D eigenvalue weighted by molar-refractivity contribution is 8.02. The van der Waals surface area contributed by atoms with E-state index >= 15 is 0 Å². The first kappa shape index (κ1) is 10.8. The topological polar surface area (TPSA) is 37.9 Å². The molecule has 0 amide bonds. The van der Waals surface area contributed by atoms with Gasteiger partial charge in [0.1, 0.15) is 5.75 Å². The molecule has 0 fully saturated rings. The van der Waals surface area contributed by atoms with Gasteiger partial charge >= 0.3 is 0 Å². The number of aromatic amines is 1. The van der Waals surface area contributed by atoms with Gasteiger partial charge in [0.25, 0.3) is 0 Å². The number of rotatable bonds is 4. The van der Waals surface area contributed by atoms with Crippen molar-refractivity contribution in [2.24, 2.45) is 0 Å². The van der Waals surface area contributed by atoms with E-state index in [-0.39, 0.29) is 0 Å². The van der Waals surface area contributed by atoms with Crippen LogP contribution in [0.5, 0.6) is 5.75 Å². The number of benzene rings is 1. The molecule has 3 nitrogen and oxygen atoms in total. The lowest BCUT2D eigenvalue weighted by molar-refractivity contribution is 0.415. The van der Waals surface area contributed by atoms with Crippen molar-refractivity contribution in [3.8, 4) is 17.0 Å². The molecule has 0 atom stereocenters. The molecule has 0 aliphatic heterocycles. The van der Waals surface area contributed by atoms with Gasteiger partial charge in [-0.05, 0) is 35.2 Å². The van der Waals surface area contributed by atoms with E-state index in [1.165, 1.54) is 11.8 Å². The quantitative estimate of drug-likeness (QED) is 0.822. The molecule has 2 aromatic rings. The van der Waals surface area contributed by atoms with Crippen molar-refractivity contribution in [1.82, 2.24) is 9.97 Å². The molecule has 0 bridgehead atoms. The first-order valence-electron chi connectivity index (χ1n) is 4.80. The van der Waals surface area contributed by atoms with Crippen LogP contribution in [0.4, 0.5) is 0 Å². The summed E-state index contributed by atoms with van der Waals surface area (Å²) in [4.78, 5) is 7.44. The maximum atomic E-state index is 5.11. The smallest absolute Gasteiger partial charge is 0.170 e. The molecular weight excluding hydrogens is 220 g/mol. The number of hydrogen-bond donors (Lipinski definition) is 1. The highest BCUT2D eigenvalue weighted by Crippen LogP contribution is 2.23. The highest BCUT2D eigenvalue weighted by atomic mass is 32.2. The maximum absolute atomic E-state index is 5.11. The second-order valence-corrected chi connectivity index (χ2v) is 4.07. The summed E-state index contributed by atoms with van der Waals surface area (Å²) in [5, 5.41) is 2.59. The molecule has 1 heterocycles. The molecular formula is C12H12N2OS. The molecule has 0 saturated heterocycles. The molecule has 0 aliphatic carbocycles. The maximum Gasteiger partial charge on any atom is 0.170 e. The number of aromatic nitrogens is 2. The van der Waals surface area contributed by atoms with Crippen molar-refractivity contribution in [3.63, 3.8) is 0 Å². The Bertz CT molecular complexity index is 476. The van der Waals surface area contributed by atoms with E-state index in [0.717, 1.165) is 22.2 Å². The van der Waals surface area contributed by atoms with Crippen LogP contribution in [-0.2, 0) is 0 Å². The minimum Gasteiger partial charge on any atom is -0.497 e. The van der Waals surface area contributed by atoms with Crippen molar-refractivity contribution >= 4 is 11.8 Å². The Morgan fingerprint density at radius 1 is 1.38 bits per heavy atom. The first-order valence-corrected chi connectivity index (χ1v) is 5.68. The normalized spacial score (nSPS) is 10.1. The lowest BCUT2D eigenvalue weighted by Gasteiger charge is -2.00. The van der Waals surface area contributed by atoms with E-state index in [1.54, 1.807) is 12.5 Å². The summed E-state index contributed by atoms with van der Waals surface area (Å²) in [5.41, 5.74) is 2.08. The fourth-order valence-corrected chi connectivity index (χ4v) is 1.80. The fraction of sp³-hybridized carbons (Fsp3) is 0.0833. The van der Waals surface area contributed by atoms with E-state index < -0.39 is 0 Å². The van der Waals surface area contributed by atoms with Crippen molar-refractivity contribution in [1.29, 1.82) is 0 Å². The van der Waals surface area contributed by atoms with Gasteiger partial charge in [0.2, 0.25) is 0 Å². The fourth-order valence-electron chi connectivity index (χ4n) is 1.36. The van der Waals surface area contributed by atoms with Crippen molar-refractivity contribution in [2.75, 3.05) is 7.11 Å². The molecule has 4 heteroatoms. The van der Waals surface area contributed by atoms with Crippen LogP contribution in [0.15, 0.2) is 47.6 Å². The van der Waals surface area contributed by atoms with Crippen LogP contribution in [0.25, 0.3) is 11.3 Å². The van der Waals surface area contributed by atoms with Crippen LogP contribution < -0.4 is 4.74 Å². The summed E-state index contributed by atoms with van der Waals surface area (Å²) >= 11 is 1.47. The van der Waals surface area contributed by atoms with Gasteiger partial charge in [-0.25, -0.2) is 4.98 Å². The molecule has 2 rings (SSSR count). The Balaban J connectivity index is 2.24. The van der Waals surface area contributed by atoms with E-state index in [4.69, 9.17) is 4.74 Å². The number of hydrogen-bond acceptors (Lipinski definition) is 3. The van der Waals surface area contributed by atoms with Gasteiger partial charge in [-0.1, -0.05) is 18.3 Å².